The van der Waals surface area contributed by atoms with Crippen LogP contribution in [0.4, 0.5) is 14.5 Å². The van der Waals surface area contributed by atoms with E-state index in [1.807, 2.05) is 0 Å². The van der Waals surface area contributed by atoms with Crippen LogP contribution in [0.25, 0.3) is 0 Å². The number of hydrogen-bond acceptors (Lipinski definition) is 2. The summed E-state index contributed by atoms with van der Waals surface area (Å²) < 4.78 is 26.4. The van der Waals surface area contributed by atoms with Crippen LogP contribution >= 0.6 is 27.7 Å². The Morgan fingerprint density at radius 3 is 2.73 bits per heavy atom. The van der Waals surface area contributed by atoms with Crippen LogP contribution < -0.4 is 5.32 Å². The normalized spacial score (nSPS) is 10.4. The summed E-state index contributed by atoms with van der Waals surface area (Å²) in [4.78, 5) is 0. The largest absolute Gasteiger partial charge is 0.381 e. The van der Waals surface area contributed by atoms with Gasteiger partial charge in [0.15, 0.2) is 0 Å². The minimum Gasteiger partial charge on any atom is -0.381 e. The van der Waals surface area contributed by atoms with E-state index in [2.05, 4.69) is 28.2 Å². The number of thioether (sulfide) groups is 1. The lowest BCUT2D eigenvalue weighted by molar-refractivity contribution is 0.584. The van der Waals surface area contributed by atoms with Gasteiger partial charge in [-0.05, 0) is 27.7 Å². The smallest absolute Gasteiger partial charge is 0.150 e. The lowest BCUT2D eigenvalue weighted by Crippen LogP contribution is -2.06. The van der Waals surface area contributed by atoms with E-state index in [1.165, 1.54) is 6.07 Å². The van der Waals surface area contributed by atoms with Crippen LogP contribution in [-0.2, 0) is 0 Å². The highest BCUT2D eigenvalue weighted by Gasteiger charge is 2.08. The summed E-state index contributed by atoms with van der Waals surface area (Å²) in [6.45, 7) is 2.73. The molecule has 0 atom stereocenters. The average Bonchev–Trinajstić information content (AvgIpc) is 2.15. The molecule has 1 N–H and O–H groups in total. The van der Waals surface area contributed by atoms with Gasteiger partial charge in [-0.2, -0.15) is 11.8 Å². The van der Waals surface area contributed by atoms with E-state index in [9.17, 15) is 8.78 Å². The minimum absolute atomic E-state index is 0.327. The SMILES string of the molecule is CCSCCNc1c(F)cc(F)cc1Br. The highest BCUT2D eigenvalue weighted by atomic mass is 79.9. The summed E-state index contributed by atoms with van der Waals surface area (Å²) >= 11 is 4.89. The first kappa shape index (κ1) is 12.8. The molecule has 0 spiro atoms. The minimum atomic E-state index is -0.576. The van der Waals surface area contributed by atoms with Gasteiger partial charge in [-0.25, -0.2) is 8.78 Å². The standard InChI is InChI=1S/C10H12BrF2NS/c1-2-15-4-3-14-10-8(11)5-7(12)6-9(10)13/h5-6,14H,2-4H2,1H3. The van der Waals surface area contributed by atoms with Crippen molar-refractivity contribution < 1.29 is 8.78 Å². The molecular formula is C10H12BrF2NS. The maximum atomic E-state index is 13.3. The third-order valence-corrected chi connectivity index (χ3v) is 3.29. The van der Waals surface area contributed by atoms with Crippen LogP contribution in [0.2, 0.25) is 0 Å². The van der Waals surface area contributed by atoms with Gasteiger partial charge in [0.1, 0.15) is 11.6 Å². The van der Waals surface area contributed by atoms with Gasteiger partial charge in [-0.15, -0.1) is 0 Å². The molecule has 0 saturated carbocycles. The summed E-state index contributed by atoms with van der Waals surface area (Å²) in [7, 11) is 0. The zero-order chi connectivity index (χ0) is 11.3. The van der Waals surface area contributed by atoms with E-state index < -0.39 is 11.6 Å². The number of halogens is 3. The zero-order valence-corrected chi connectivity index (χ0v) is 10.7. The quantitative estimate of drug-likeness (QED) is 0.827. The van der Waals surface area contributed by atoms with E-state index in [0.29, 0.717) is 16.7 Å². The fourth-order valence-electron chi connectivity index (χ4n) is 1.10. The van der Waals surface area contributed by atoms with Gasteiger partial charge in [-0.1, -0.05) is 6.92 Å². The van der Waals surface area contributed by atoms with Crippen molar-refractivity contribution in [2.45, 2.75) is 6.92 Å². The van der Waals surface area contributed by atoms with E-state index in [-0.39, 0.29) is 0 Å². The lowest BCUT2D eigenvalue weighted by atomic mass is 10.3. The van der Waals surface area contributed by atoms with Crippen molar-refractivity contribution in [1.82, 2.24) is 0 Å². The van der Waals surface area contributed by atoms with E-state index in [4.69, 9.17) is 0 Å². The molecule has 0 bridgehead atoms. The fourth-order valence-corrected chi connectivity index (χ4v) is 2.19. The van der Waals surface area contributed by atoms with E-state index >= 15 is 0 Å². The molecule has 0 saturated heterocycles. The molecule has 0 aliphatic carbocycles. The highest BCUT2D eigenvalue weighted by molar-refractivity contribution is 9.10. The van der Waals surface area contributed by atoms with Crippen molar-refractivity contribution in [1.29, 1.82) is 0 Å². The van der Waals surface area contributed by atoms with Gasteiger partial charge in [-0.3, -0.25) is 0 Å². The van der Waals surface area contributed by atoms with Gasteiger partial charge in [0.25, 0.3) is 0 Å². The number of rotatable bonds is 5. The zero-order valence-electron chi connectivity index (χ0n) is 8.32. The van der Waals surface area contributed by atoms with Crippen molar-refractivity contribution in [2.75, 3.05) is 23.4 Å². The van der Waals surface area contributed by atoms with Crippen molar-refractivity contribution in [3.8, 4) is 0 Å². The van der Waals surface area contributed by atoms with Crippen molar-refractivity contribution in [2.24, 2.45) is 0 Å². The molecule has 5 heteroatoms. The van der Waals surface area contributed by atoms with Crippen LogP contribution in [0.5, 0.6) is 0 Å². The van der Waals surface area contributed by atoms with Crippen molar-refractivity contribution in [3.63, 3.8) is 0 Å². The molecule has 1 nitrogen and oxygen atoms in total. The second-order valence-electron chi connectivity index (χ2n) is 2.87. The molecule has 84 valence electrons. The molecule has 0 aliphatic heterocycles. The second kappa shape index (κ2) is 6.33. The Kier molecular flexibility index (Phi) is 5.39. The van der Waals surface area contributed by atoms with Crippen LogP contribution in [0.15, 0.2) is 16.6 Å². The first-order valence-corrected chi connectivity index (χ1v) is 6.56. The van der Waals surface area contributed by atoms with Crippen molar-refractivity contribution in [3.05, 3.63) is 28.2 Å². The molecule has 0 aliphatic rings. The van der Waals surface area contributed by atoms with Crippen LogP contribution in [-0.4, -0.2) is 18.1 Å². The molecule has 0 radical (unpaired) electrons. The predicted molar refractivity (Wildman–Crippen MR) is 65.5 cm³/mol. The predicted octanol–water partition coefficient (Wildman–Crippen LogP) is 3.89. The molecule has 0 fully saturated rings. The van der Waals surface area contributed by atoms with Crippen LogP contribution in [0, 0.1) is 11.6 Å². The lowest BCUT2D eigenvalue weighted by Gasteiger charge is -2.09. The Labute approximate surface area is 101 Å². The first-order valence-electron chi connectivity index (χ1n) is 4.61. The second-order valence-corrected chi connectivity index (χ2v) is 5.12. The fraction of sp³-hybridized carbons (Fsp3) is 0.400. The first-order chi connectivity index (χ1) is 7.15. The summed E-state index contributed by atoms with van der Waals surface area (Å²) in [5.74, 6) is 0.797. The monoisotopic (exact) mass is 295 g/mol. The summed E-state index contributed by atoms with van der Waals surface area (Å²) in [6.07, 6.45) is 0. The van der Waals surface area contributed by atoms with Gasteiger partial charge < -0.3 is 5.32 Å². The molecule has 1 aromatic carbocycles. The number of hydrogen-bond donors (Lipinski definition) is 1. The molecule has 15 heavy (non-hydrogen) atoms. The molecule has 0 aromatic heterocycles. The maximum absolute atomic E-state index is 13.3. The third-order valence-electron chi connectivity index (χ3n) is 1.76. The Bertz CT molecular complexity index is 310. The van der Waals surface area contributed by atoms with E-state index in [1.54, 1.807) is 11.8 Å². The van der Waals surface area contributed by atoms with Crippen molar-refractivity contribution >= 4 is 33.4 Å². The Morgan fingerprint density at radius 1 is 1.40 bits per heavy atom. The highest BCUT2D eigenvalue weighted by Crippen LogP contribution is 2.26. The van der Waals surface area contributed by atoms with E-state index in [0.717, 1.165) is 17.6 Å². The molecular weight excluding hydrogens is 284 g/mol. The molecule has 0 amide bonds. The average molecular weight is 296 g/mol. The Hall–Kier alpha value is -0.290. The number of anilines is 1. The van der Waals surface area contributed by atoms with Gasteiger partial charge in [0.2, 0.25) is 0 Å². The Morgan fingerprint density at radius 2 is 2.13 bits per heavy atom. The number of benzene rings is 1. The Balaban J connectivity index is 2.60. The molecule has 0 heterocycles. The maximum Gasteiger partial charge on any atom is 0.150 e. The topological polar surface area (TPSA) is 12.0 Å². The summed E-state index contributed by atoms with van der Waals surface area (Å²) in [6, 6.07) is 2.12. The van der Waals surface area contributed by atoms with Crippen LogP contribution in [0.1, 0.15) is 6.92 Å². The third kappa shape index (κ3) is 3.99. The molecule has 1 aromatic rings. The van der Waals surface area contributed by atoms with Gasteiger partial charge >= 0.3 is 0 Å². The molecule has 1 rings (SSSR count). The summed E-state index contributed by atoms with van der Waals surface area (Å²) in [5, 5.41) is 2.93. The van der Waals surface area contributed by atoms with Crippen LogP contribution in [0.3, 0.4) is 0 Å². The molecule has 0 unspecified atom stereocenters. The van der Waals surface area contributed by atoms with Gasteiger partial charge in [0.05, 0.1) is 5.69 Å². The van der Waals surface area contributed by atoms with Gasteiger partial charge in [0, 0.05) is 22.8 Å². The summed E-state index contributed by atoms with van der Waals surface area (Å²) in [5.41, 5.74) is 0.327. The number of nitrogens with one attached hydrogen (secondary N) is 1.